The second kappa shape index (κ2) is 10.4. The summed E-state index contributed by atoms with van der Waals surface area (Å²) in [5.41, 5.74) is 4.96. The van der Waals surface area contributed by atoms with Crippen LogP contribution in [-0.2, 0) is 16.6 Å². The van der Waals surface area contributed by atoms with Crippen molar-refractivity contribution in [1.29, 1.82) is 5.26 Å². The molecule has 190 valence electrons. The zero-order valence-corrected chi connectivity index (χ0v) is 21.3. The van der Waals surface area contributed by atoms with E-state index >= 15 is 0 Å². The largest absolute Gasteiger partial charge is 0.383 e. The number of amides is 1. The van der Waals surface area contributed by atoms with Crippen LogP contribution in [0.4, 0.5) is 5.82 Å². The van der Waals surface area contributed by atoms with Gasteiger partial charge in [-0.3, -0.25) is 9.48 Å². The van der Waals surface area contributed by atoms with Crippen LogP contribution in [0, 0.1) is 17.2 Å². The minimum absolute atomic E-state index is 0.00426. The van der Waals surface area contributed by atoms with E-state index in [1.165, 1.54) is 0 Å². The number of hydrogen-bond donors (Lipinski definition) is 1. The van der Waals surface area contributed by atoms with Crippen molar-refractivity contribution in [3.63, 3.8) is 0 Å². The Kier molecular flexibility index (Phi) is 6.88. The second-order valence-electron chi connectivity index (χ2n) is 9.54. The van der Waals surface area contributed by atoms with Crippen LogP contribution >= 0.6 is 0 Å². The average Bonchev–Trinajstić information content (AvgIpc) is 3.54. The van der Waals surface area contributed by atoms with Crippen molar-refractivity contribution in [2.24, 2.45) is 13.0 Å². The zero-order chi connectivity index (χ0) is 25.9. The molecule has 1 N–H and O–H groups in total. The van der Waals surface area contributed by atoms with Crippen molar-refractivity contribution in [2.75, 3.05) is 31.7 Å². The topological polar surface area (TPSA) is 113 Å². The number of hydrogen-bond acceptors (Lipinski definition) is 7. The first kappa shape index (κ1) is 24.5. The van der Waals surface area contributed by atoms with Gasteiger partial charge in [-0.05, 0) is 38.0 Å². The lowest BCUT2D eigenvalue weighted by atomic mass is 9.95. The number of nitrogens with one attached hydrogen (secondary N) is 1. The lowest BCUT2D eigenvalue weighted by molar-refractivity contribution is -0.126. The number of nitrogens with zero attached hydrogens (tertiary/aromatic N) is 7. The van der Waals surface area contributed by atoms with Crippen molar-refractivity contribution in [3.8, 4) is 28.3 Å². The molecule has 0 aromatic carbocycles. The molecule has 1 unspecified atom stereocenters. The molecule has 1 saturated heterocycles. The summed E-state index contributed by atoms with van der Waals surface area (Å²) in [6, 6.07) is 8.35. The molecule has 0 spiro atoms. The van der Waals surface area contributed by atoms with Gasteiger partial charge in [-0.25, -0.2) is 9.50 Å². The highest BCUT2D eigenvalue weighted by Gasteiger charge is 2.26. The van der Waals surface area contributed by atoms with E-state index in [2.05, 4.69) is 32.5 Å². The number of nitriles is 1. The van der Waals surface area contributed by atoms with Gasteiger partial charge in [0, 0.05) is 80.1 Å². The van der Waals surface area contributed by atoms with Gasteiger partial charge in [0.05, 0.1) is 30.1 Å². The smallest absolute Gasteiger partial charge is 0.223 e. The molecule has 5 rings (SSSR count). The third-order valence-corrected chi connectivity index (χ3v) is 6.82. The van der Waals surface area contributed by atoms with E-state index in [0.717, 1.165) is 59.5 Å². The summed E-state index contributed by atoms with van der Waals surface area (Å²) >= 11 is 0. The van der Waals surface area contributed by atoms with E-state index in [9.17, 15) is 10.1 Å². The van der Waals surface area contributed by atoms with Crippen molar-refractivity contribution in [3.05, 3.63) is 54.7 Å². The van der Waals surface area contributed by atoms with Gasteiger partial charge >= 0.3 is 0 Å². The van der Waals surface area contributed by atoms with Gasteiger partial charge in [0.25, 0.3) is 0 Å². The molecule has 4 aromatic heterocycles. The molecule has 37 heavy (non-hydrogen) atoms. The molecular weight excluding hydrogens is 468 g/mol. The van der Waals surface area contributed by atoms with Gasteiger partial charge in [-0.2, -0.15) is 15.5 Å². The van der Waals surface area contributed by atoms with Crippen LogP contribution in [-0.4, -0.2) is 63.1 Å². The Morgan fingerprint density at radius 3 is 2.62 bits per heavy atom. The average molecular weight is 499 g/mol. The number of piperidine rings is 1. The molecule has 1 fully saturated rings. The first-order chi connectivity index (χ1) is 18.0. The molecule has 0 bridgehead atoms. The summed E-state index contributed by atoms with van der Waals surface area (Å²) in [6.45, 7) is 4.00. The predicted octanol–water partition coefficient (Wildman–Crippen LogP) is 3.04. The van der Waals surface area contributed by atoms with Gasteiger partial charge in [0.2, 0.25) is 5.91 Å². The SMILES string of the molecule is COCC(C)NC(=O)C1CCN(c2ccc(-c3cc(-c4cnn(C)c4)cn4ncc(C#N)c34)cn2)CC1. The number of fused-ring (bicyclic) bond motifs is 1. The highest BCUT2D eigenvalue weighted by atomic mass is 16.5. The number of aromatic nitrogens is 5. The summed E-state index contributed by atoms with van der Waals surface area (Å²) in [5.74, 6) is 0.979. The Bertz CT molecular complexity index is 1440. The first-order valence-corrected chi connectivity index (χ1v) is 12.4. The molecule has 0 aliphatic carbocycles. The molecule has 1 atom stereocenters. The summed E-state index contributed by atoms with van der Waals surface area (Å²) in [6.07, 6.45) is 10.7. The fourth-order valence-electron chi connectivity index (χ4n) is 4.91. The number of carbonyl (C=O) groups is 1. The monoisotopic (exact) mass is 498 g/mol. The van der Waals surface area contributed by atoms with Crippen molar-refractivity contribution in [2.45, 2.75) is 25.8 Å². The number of carbonyl (C=O) groups excluding carboxylic acids is 1. The minimum Gasteiger partial charge on any atom is -0.383 e. The van der Waals surface area contributed by atoms with Crippen LogP contribution in [0.15, 0.2) is 49.2 Å². The molecule has 0 saturated carbocycles. The number of aryl methyl sites for hydroxylation is 1. The van der Waals surface area contributed by atoms with Gasteiger partial charge in [0.1, 0.15) is 11.9 Å². The van der Waals surface area contributed by atoms with E-state index in [1.807, 2.05) is 50.9 Å². The Balaban J connectivity index is 1.36. The Morgan fingerprint density at radius 1 is 1.16 bits per heavy atom. The van der Waals surface area contributed by atoms with Gasteiger partial charge in [-0.1, -0.05) is 0 Å². The van der Waals surface area contributed by atoms with Crippen molar-refractivity contribution >= 4 is 17.2 Å². The first-order valence-electron chi connectivity index (χ1n) is 12.4. The van der Waals surface area contributed by atoms with Crippen molar-refractivity contribution < 1.29 is 9.53 Å². The summed E-state index contributed by atoms with van der Waals surface area (Å²) in [5, 5.41) is 21.4. The van der Waals surface area contributed by atoms with E-state index < -0.39 is 0 Å². The van der Waals surface area contributed by atoms with Crippen LogP contribution in [0.3, 0.4) is 0 Å². The maximum atomic E-state index is 12.6. The van der Waals surface area contributed by atoms with Crippen LogP contribution in [0.1, 0.15) is 25.3 Å². The summed E-state index contributed by atoms with van der Waals surface area (Å²) < 4.78 is 8.61. The van der Waals surface area contributed by atoms with Crippen molar-refractivity contribution in [1.82, 2.24) is 29.7 Å². The van der Waals surface area contributed by atoms with Crippen LogP contribution < -0.4 is 10.2 Å². The number of ether oxygens (including phenoxy) is 1. The van der Waals surface area contributed by atoms with Crippen LogP contribution in [0.5, 0.6) is 0 Å². The Labute approximate surface area is 215 Å². The lowest BCUT2D eigenvalue weighted by Gasteiger charge is -2.32. The van der Waals surface area contributed by atoms with Crippen LogP contribution in [0.25, 0.3) is 27.8 Å². The van der Waals surface area contributed by atoms with Gasteiger partial charge < -0.3 is 15.0 Å². The van der Waals surface area contributed by atoms with Gasteiger partial charge in [0.15, 0.2) is 0 Å². The van der Waals surface area contributed by atoms with E-state index in [-0.39, 0.29) is 17.9 Å². The molecule has 0 radical (unpaired) electrons. The zero-order valence-electron chi connectivity index (χ0n) is 21.3. The molecule has 5 heterocycles. The number of rotatable bonds is 7. The fraction of sp³-hybridized carbons (Fsp3) is 0.370. The maximum Gasteiger partial charge on any atom is 0.223 e. The molecule has 10 nitrogen and oxygen atoms in total. The number of methoxy groups -OCH3 is 1. The van der Waals surface area contributed by atoms with E-state index in [1.54, 1.807) is 22.5 Å². The highest BCUT2D eigenvalue weighted by molar-refractivity contribution is 5.87. The third-order valence-electron chi connectivity index (χ3n) is 6.82. The molecule has 1 aliphatic heterocycles. The van der Waals surface area contributed by atoms with E-state index in [4.69, 9.17) is 9.72 Å². The van der Waals surface area contributed by atoms with Gasteiger partial charge in [-0.15, -0.1) is 0 Å². The molecule has 10 heteroatoms. The summed E-state index contributed by atoms with van der Waals surface area (Å²) in [7, 11) is 3.52. The predicted molar refractivity (Wildman–Crippen MR) is 140 cm³/mol. The highest BCUT2D eigenvalue weighted by Crippen LogP contribution is 2.32. The molecular formula is C27H30N8O2. The molecule has 1 aliphatic rings. The molecule has 1 amide bonds. The van der Waals surface area contributed by atoms with Crippen LogP contribution in [0.2, 0.25) is 0 Å². The number of pyridine rings is 2. The Morgan fingerprint density at radius 2 is 1.97 bits per heavy atom. The number of anilines is 1. The normalized spacial score (nSPS) is 15.0. The third kappa shape index (κ3) is 5.04. The standard InChI is InChI=1S/C27H30N8O2/c1-18(17-37-3)32-27(36)19-6-8-34(9-7-19)25-5-4-20(12-29-25)24-10-21(23-14-30-33(2)15-23)16-35-26(24)22(11-28)13-31-35/h4-5,10,12-16,18-19H,6-9,17H2,1-3H3,(H,32,36). The minimum atomic E-state index is 0.00426. The summed E-state index contributed by atoms with van der Waals surface area (Å²) in [4.78, 5) is 19.5. The fourth-order valence-corrected chi connectivity index (χ4v) is 4.91. The Hall–Kier alpha value is -4.23. The molecule has 4 aromatic rings. The lowest BCUT2D eigenvalue weighted by Crippen LogP contribution is -2.44. The quantitative estimate of drug-likeness (QED) is 0.417. The second-order valence-corrected chi connectivity index (χ2v) is 9.54. The maximum absolute atomic E-state index is 12.6. The van der Waals surface area contributed by atoms with E-state index in [0.29, 0.717) is 12.2 Å².